The van der Waals surface area contributed by atoms with Crippen LogP contribution in [0.15, 0.2) is 0 Å². The maximum absolute atomic E-state index is 9.77. The van der Waals surface area contributed by atoms with Gasteiger partial charge < -0.3 is 4.74 Å². The molecule has 0 radical (unpaired) electrons. The van der Waals surface area contributed by atoms with E-state index in [0.717, 1.165) is 0 Å². The van der Waals surface area contributed by atoms with E-state index in [1.807, 2.05) is 0 Å². The van der Waals surface area contributed by atoms with Crippen molar-refractivity contribution in [2.45, 2.75) is 6.92 Å². The van der Waals surface area contributed by atoms with Gasteiger partial charge in [0.2, 0.25) is 0 Å². The summed E-state index contributed by atoms with van der Waals surface area (Å²) in [5.74, 6) is -0.111. The molecular weight excluding hydrogens is 123 g/mol. The first-order valence-corrected chi connectivity index (χ1v) is 2.15. The predicted molar refractivity (Wildman–Crippen MR) is 32.8 cm³/mol. The number of rotatable bonds is 1. The van der Waals surface area contributed by atoms with Crippen molar-refractivity contribution in [2.75, 3.05) is 5.94 Å². The Morgan fingerprint density at radius 2 is 2.29 bits per heavy atom. The molecule has 2 nitrogen and oxygen atoms in total. The molecule has 0 spiro atoms. The van der Waals surface area contributed by atoms with E-state index < -0.39 is 0 Å². The van der Waals surface area contributed by atoms with Crippen LogP contribution in [0.3, 0.4) is 0 Å². The number of esters is 1. The van der Waals surface area contributed by atoms with Gasteiger partial charge in [-0.1, -0.05) is 0 Å². The molecule has 0 saturated heterocycles. The minimum absolute atomic E-state index is 0. The van der Waals surface area contributed by atoms with Gasteiger partial charge in [-0.15, -0.1) is 12.6 Å². The number of ether oxygens (including phenoxy) is 1. The molecule has 0 N–H and O–H groups in total. The standard InChI is InChI=1S/C3H6O2S.Na.H/c1-3(4)5-2-6;;/h6H,2H2,1H3;;. The van der Waals surface area contributed by atoms with E-state index in [0.29, 0.717) is 0 Å². The van der Waals surface area contributed by atoms with Crippen LogP contribution in [0, 0.1) is 0 Å². The van der Waals surface area contributed by atoms with E-state index in [9.17, 15) is 4.79 Å². The van der Waals surface area contributed by atoms with Crippen LogP contribution in [0.5, 0.6) is 0 Å². The van der Waals surface area contributed by atoms with Crippen molar-refractivity contribution >= 4 is 48.2 Å². The van der Waals surface area contributed by atoms with Crippen LogP contribution in [0.25, 0.3) is 0 Å². The molecule has 4 heteroatoms. The van der Waals surface area contributed by atoms with Crippen molar-refractivity contribution in [3.8, 4) is 0 Å². The molecule has 0 rings (SSSR count). The molecule has 0 fully saturated rings. The molecule has 0 amide bonds. The Labute approximate surface area is 70.3 Å². The molecule has 0 saturated carbocycles. The number of carbonyl (C=O) groups is 1. The van der Waals surface area contributed by atoms with Crippen molar-refractivity contribution in [3.05, 3.63) is 0 Å². The molecule has 0 bridgehead atoms. The average Bonchev–Trinajstić information content (AvgIpc) is 1.35. The van der Waals surface area contributed by atoms with E-state index in [1.54, 1.807) is 0 Å². The van der Waals surface area contributed by atoms with Crippen molar-refractivity contribution in [2.24, 2.45) is 0 Å². The maximum atomic E-state index is 9.77. The molecule has 0 atom stereocenters. The second kappa shape index (κ2) is 6.82. The molecule has 0 unspecified atom stereocenters. The van der Waals surface area contributed by atoms with Crippen LogP contribution in [0.2, 0.25) is 0 Å². The van der Waals surface area contributed by atoms with Crippen LogP contribution in [0.4, 0.5) is 0 Å². The van der Waals surface area contributed by atoms with Crippen molar-refractivity contribution in [1.29, 1.82) is 0 Å². The van der Waals surface area contributed by atoms with E-state index in [4.69, 9.17) is 0 Å². The molecular formula is C3H7NaO2S. The average molecular weight is 130 g/mol. The van der Waals surface area contributed by atoms with Crippen LogP contribution in [0.1, 0.15) is 6.92 Å². The molecule has 0 aromatic carbocycles. The van der Waals surface area contributed by atoms with E-state index in [-0.39, 0.29) is 41.5 Å². The Kier molecular flexibility index (Phi) is 10.5. The number of carbonyl (C=O) groups excluding carboxylic acids is 1. The second-order valence-corrected chi connectivity index (χ2v) is 1.02. The molecule has 0 aromatic rings. The molecule has 38 valence electrons. The van der Waals surface area contributed by atoms with Gasteiger partial charge in [0.05, 0.1) is 0 Å². The molecule has 0 aliphatic carbocycles. The van der Waals surface area contributed by atoms with Gasteiger partial charge in [0.1, 0.15) is 5.94 Å². The predicted octanol–water partition coefficient (Wildman–Crippen LogP) is -0.212. The fourth-order valence-electron chi connectivity index (χ4n) is 0.0909. The molecule has 7 heavy (non-hydrogen) atoms. The summed E-state index contributed by atoms with van der Waals surface area (Å²) in [7, 11) is 0. The zero-order valence-corrected chi connectivity index (χ0v) is 4.37. The Hall–Kier alpha value is 0.820. The SMILES string of the molecule is CC(=O)OCS.[NaH]. The minimum atomic E-state index is -0.287. The first-order valence-electron chi connectivity index (χ1n) is 1.51. The van der Waals surface area contributed by atoms with Crippen molar-refractivity contribution in [1.82, 2.24) is 0 Å². The summed E-state index contributed by atoms with van der Waals surface area (Å²) in [6.45, 7) is 1.34. The molecule has 0 heterocycles. The first-order chi connectivity index (χ1) is 2.77. The molecule has 0 aliphatic heterocycles. The Morgan fingerprint density at radius 3 is 2.29 bits per heavy atom. The van der Waals surface area contributed by atoms with Crippen LogP contribution < -0.4 is 0 Å². The summed E-state index contributed by atoms with van der Waals surface area (Å²) in [5, 5.41) is 0. The monoisotopic (exact) mass is 130 g/mol. The van der Waals surface area contributed by atoms with E-state index in [1.165, 1.54) is 6.92 Å². The van der Waals surface area contributed by atoms with E-state index in [2.05, 4.69) is 17.4 Å². The molecule has 0 aromatic heterocycles. The third kappa shape index (κ3) is 10.9. The summed E-state index contributed by atoms with van der Waals surface area (Å²) in [6, 6.07) is 0. The van der Waals surface area contributed by atoms with Gasteiger partial charge in [0, 0.05) is 6.92 Å². The van der Waals surface area contributed by atoms with Crippen molar-refractivity contribution < 1.29 is 9.53 Å². The summed E-state index contributed by atoms with van der Waals surface area (Å²) < 4.78 is 4.27. The van der Waals surface area contributed by atoms with Gasteiger partial charge in [-0.2, -0.15) is 0 Å². The van der Waals surface area contributed by atoms with Gasteiger partial charge in [0.25, 0.3) is 0 Å². The van der Waals surface area contributed by atoms with Gasteiger partial charge in [0.15, 0.2) is 0 Å². The third-order valence-corrected chi connectivity index (χ3v) is 0.397. The Bertz CT molecular complexity index is 56.9. The third-order valence-electron chi connectivity index (χ3n) is 0.268. The first kappa shape index (κ1) is 10.7. The zero-order valence-electron chi connectivity index (χ0n) is 3.47. The van der Waals surface area contributed by atoms with Crippen molar-refractivity contribution in [3.63, 3.8) is 0 Å². The van der Waals surface area contributed by atoms with Crippen LogP contribution >= 0.6 is 12.6 Å². The number of thiol groups is 1. The quantitative estimate of drug-likeness (QED) is 0.230. The summed E-state index contributed by atoms with van der Waals surface area (Å²) >= 11 is 3.62. The summed E-state index contributed by atoms with van der Waals surface area (Å²) in [4.78, 5) is 9.77. The van der Waals surface area contributed by atoms with Gasteiger partial charge in [-0.25, -0.2) is 0 Å². The number of hydrogen-bond acceptors (Lipinski definition) is 3. The fourth-order valence-corrected chi connectivity index (χ4v) is 0.273. The Balaban J connectivity index is 0. The topological polar surface area (TPSA) is 26.3 Å². The van der Waals surface area contributed by atoms with Gasteiger partial charge >= 0.3 is 35.5 Å². The molecule has 0 aliphatic rings. The van der Waals surface area contributed by atoms with Gasteiger partial charge in [-0.3, -0.25) is 4.79 Å². The van der Waals surface area contributed by atoms with Gasteiger partial charge in [-0.05, 0) is 0 Å². The van der Waals surface area contributed by atoms with Crippen LogP contribution in [-0.4, -0.2) is 41.5 Å². The zero-order chi connectivity index (χ0) is 4.99. The summed E-state index contributed by atoms with van der Waals surface area (Å²) in [5.41, 5.74) is 0. The van der Waals surface area contributed by atoms with Crippen LogP contribution in [-0.2, 0) is 9.53 Å². The normalized spacial score (nSPS) is 6.57. The van der Waals surface area contributed by atoms with E-state index >= 15 is 0 Å². The Morgan fingerprint density at radius 1 is 1.86 bits per heavy atom. The fraction of sp³-hybridized carbons (Fsp3) is 0.667. The number of hydrogen-bond donors (Lipinski definition) is 1. The summed E-state index contributed by atoms with van der Waals surface area (Å²) in [6.07, 6.45) is 0. The second-order valence-electron chi connectivity index (χ2n) is 0.765.